The predicted molar refractivity (Wildman–Crippen MR) is 116 cm³/mol. The van der Waals surface area contributed by atoms with Gasteiger partial charge in [0.15, 0.2) is 0 Å². The molecule has 1 heterocycles. The van der Waals surface area contributed by atoms with Crippen LogP contribution >= 0.6 is 0 Å². The first kappa shape index (κ1) is 22.3. The summed E-state index contributed by atoms with van der Waals surface area (Å²) in [5.74, 6) is 0.420. The number of hydrogen-bond donors (Lipinski definition) is 1. The van der Waals surface area contributed by atoms with Crippen LogP contribution in [-0.2, 0) is 21.2 Å². The van der Waals surface area contributed by atoms with E-state index in [1.807, 2.05) is 37.4 Å². The number of rotatable bonds is 7. The third-order valence-electron chi connectivity index (χ3n) is 5.37. The van der Waals surface area contributed by atoms with Crippen molar-refractivity contribution in [2.45, 2.75) is 24.3 Å². The van der Waals surface area contributed by atoms with Gasteiger partial charge in [0, 0.05) is 26.2 Å². The number of hydrogen-bond acceptors (Lipinski definition) is 5. The van der Waals surface area contributed by atoms with Crippen LogP contribution in [0.25, 0.3) is 0 Å². The van der Waals surface area contributed by atoms with Crippen LogP contribution in [-0.4, -0.2) is 70.5 Å². The second-order valence-electron chi connectivity index (χ2n) is 7.62. The summed E-state index contributed by atoms with van der Waals surface area (Å²) in [6.07, 6.45) is 0.292. The quantitative estimate of drug-likeness (QED) is 0.722. The van der Waals surface area contributed by atoms with Crippen molar-refractivity contribution in [3.63, 3.8) is 0 Å². The van der Waals surface area contributed by atoms with E-state index in [0.717, 1.165) is 18.7 Å². The number of piperazine rings is 1. The maximum atomic E-state index is 13.2. The van der Waals surface area contributed by atoms with E-state index in [4.69, 9.17) is 4.74 Å². The molecule has 1 atom stereocenters. The van der Waals surface area contributed by atoms with Crippen LogP contribution in [0.5, 0.6) is 5.75 Å². The standard InChI is InChI=1S/C22H29N3O4S/c1-17-15-19(9-10-21(17)29-3)30(27,28)23-20(16-18-7-5-4-6-8-18)22(26)25-13-11-24(2)12-14-25/h4-10,15,20,23H,11-14,16H2,1-3H3/t20-/m1/s1. The molecule has 0 saturated carbocycles. The molecule has 0 aliphatic carbocycles. The zero-order chi connectivity index (χ0) is 21.7. The fraction of sp³-hybridized carbons (Fsp3) is 0.409. The average Bonchev–Trinajstić information content (AvgIpc) is 2.74. The average molecular weight is 432 g/mol. The van der Waals surface area contributed by atoms with E-state index in [9.17, 15) is 13.2 Å². The van der Waals surface area contributed by atoms with E-state index in [0.29, 0.717) is 30.8 Å². The zero-order valence-corrected chi connectivity index (χ0v) is 18.5. The number of aryl methyl sites for hydroxylation is 1. The molecule has 1 amide bonds. The molecule has 1 saturated heterocycles. The summed E-state index contributed by atoms with van der Waals surface area (Å²) >= 11 is 0. The molecular formula is C22H29N3O4S. The Balaban J connectivity index is 1.85. The summed E-state index contributed by atoms with van der Waals surface area (Å²) in [5, 5.41) is 0. The van der Waals surface area contributed by atoms with Crippen LogP contribution in [0.3, 0.4) is 0 Å². The fourth-order valence-electron chi connectivity index (χ4n) is 3.55. The molecule has 162 valence electrons. The molecule has 0 spiro atoms. The summed E-state index contributed by atoms with van der Waals surface area (Å²) in [5.41, 5.74) is 1.61. The van der Waals surface area contributed by atoms with E-state index in [1.54, 1.807) is 31.1 Å². The zero-order valence-electron chi connectivity index (χ0n) is 17.7. The van der Waals surface area contributed by atoms with Gasteiger partial charge >= 0.3 is 0 Å². The lowest BCUT2D eigenvalue weighted by Crippen LogP contribution is -2.54. The van der Waals surface area contributed by atoms with Gasteiger partial charge < -0.3 is 14.5 Å². The lowest BCUT2D eigenvalue weighted by Gasteiger charge is -2.34. The number of ether oxygens (including phenoxy) is 1. The number of benzene rings is 2. The minimum atomic E-state index is -3.89. The SMILES string of the molecule is COc1ccc(S(=O)(=O)N[C@H](Cc2ccccc2)C(=O)N2CCN(C)CC2)cc1C. The van der Waals surface area contributed by atoms with Crippen molar-refractivity contribution in [1.82, 2.24) is 14.5 Å². The van der Waals surface area contributed by atoms with Crippen molar-refractivity contribution >= 4 is 15.9 Å². The number of methoxy groups -OCH3 is 1. The number of nitrogens with one attached hydrogen (secondary N) is 1. The Morgan fingerprint density at radius 3 is 2.37 bits per heavy atom. The van der Waals surface area contributed by atoms with Gasteiger partial charge in [0.25, 0.3) is 0 Å². The Morgan fingerprint density at radius 2 is 1.77 bits per heavy atom. The van der Waals surface area contributed by atoms with Gasteiger partial charge in [-0.15, -0.1) is 0 Å². The van der Waals surface area contributed by atoms with Gasteiger partial charge in [-0.05, 0) is 49.7 Å². The first-order chi connectivity index (χ1) is 14.3. The van der Waals surface area contributed by atoms with E-state index in [2.05, 4.69) is 9.62 Å². The number of sulfonamides is 1. The summed E-state index contributed by atoms with van der Waals surface area (Å²) in [6, 6.07) is 13.3. The molecule has 0 unspecified atom stereocenters. The van der Waals surface area contributed by atoms with E-state index in [1.165, 1.54) is 6.07 Å². The first-order valence-electron chi connectivity index (χ1n) is 9.98. The highest BCUT2D eigenvalue weighted by Gasteiger charge is 2.31. The molecule has 3 rings (SSSR count). The summed E-state index contributed by atoms with van der Waals surface area (Å²) in [7, 11) is -0.332. The van der Waals surface area contributed by atoms with E-state index < -0.39 is 16.1 Å². The topological polar surface area (TPSA) is 78.9 Å². The van der Waals surface area contributed by atoms with Crippen molar-refractivity contribution in [3.05, 3.63) is 59.7 Å². The molecule has 0 bridgehead atoms. The maximum absolute atomic E-state index is 13.2. The van der Waals surface area contributed by atoms with Crippen molar-refractivity contribution in [3.8, 4) is 5.75 Å². The van der Waals surface area contributed by atoms with E-state index in [-0.39, 0.29) is 10.8 Å². The van der Waals surface area contributed by atoms with Gasteiger partial charge in [0.2, 0.25) is 15.9 Å². The normalized spacial score (nSPS) is 16.3. The Kier molecular flexibility index (Phi) is 7.12. The Hall–Kier alpha value is -2.42. The van der Waals surface area contributed by atoms with Crippen LogP contribution in [0.15, 0.2) is 53.4 Å². The monoisotopic (exact) mass is 431 g/mol. The third kappa shape index (κ3) is 5.38. The van der Waals surface area contributed by atoms with Gasteiger partial charge in [-0.3, -0.25) is 4.79 Å². The van der Waals surface area contributed by atoms with Crippen LogP contribution in [0.2, 0.25) is 0 Å². The van der Waals surface area contributed by atoms with Crippen molar-refractivity contribution in [2.75, 3.05) is 40.3 Å². The van der Waals surface area contributed by atoms with Gasteiger partial charge in [-0.25, -0.2) is 8.42 Å². The first-order valence-corrected chi connectivity index (χ1v) is 11.5. The number of amides is 1. The lowest BCUT2D eigenvalue weighted by atomic mass is 10.1. The molecule has 2 aromatic carbocycles. The minimum absolute atomic E-state index is 0.116. The molecule has 1 aliphatic rings. The number of carbonyl (C=O) groups excluding carboxylic acids is 1. The molecule has 7 nitrogen and oxygen atoms in total. The fourth-order valence-corrected chi connectivity index (χ4v) is 4.82. The van der Waals surface area contributed by atoms with Crippen molar-refractivity contribution in [1.29, 1.82) is 0 Å². The van der Waals surface area contributed by atoms with Gasteiger partial charge in [0.1, 0.15) is 11.8 Å². The lowest BCUT2D eigenvalue weighted by molar-refractivity contribution is -0.134. The summed E-state index contributed by atoms with van der Waals surface area (Å²) in [6.45, 7) is 4.51. The number of nitrogens with zero attached hydrogens (tertiary/aromatic N) is 2. The van der Waals surface area contributed by atoms with E-state index >= 15 is 0 Å². The van der Waals surface area contributed by atoms with Crippen LogP contribution < -0.4 is 9.46 Å². The Morgan fingerprint density at radius 1 is 1.10 bits per heavy atom. The molecular weight excluding hydrogens is 402 g/mol. The molecule has 0 aromatic heterocycles. The largest absolute Gasteiger partial charge is 0.496 e. The van der Waals surface area contributed by atoms with Gasteiger partial charge in [-0.1, -0.05) is 30.3 Å². The molecule has 1 aliphatic heterocycles. The van der Waals surface area contributed by atoms with Crippen molar-refractivity contribution in [2.24, 2.45) is 0 Å². The molecule has 0 radical (unpaired) electrons. The second kappa shape index (κ2) is 9.59. The van der Waals surface area contributed by atoms with Gasteiger partial charge in [0.05, 0.1) is 12.0 Å². The number of likely N-dealkylation sites (N-methyl/N-ethyl adjacent to an activating group) is 1. The molecule has 2 aromatic rings. The predicted octanol–water partition coefficient (Wildman–Crippen LogP) is 1.67. The van der Waals surface area contributed by atoms with Crippen LogP contribution in [0.1, 0.15) is 11.1 Å². The molecule has 30 heavy (non-hydrogen) atoms. The second-order valence-corrected chi connectivity index (χ2v) is 9.34. The highest BCUT2D eigenvalue weighted by molar-refractivity contribution is 7.89. The third-order valence-corrected chi connectivity index (χ3v) is 6.84. The Labute approximate surface area is 178 Å². The van der Waals surface area contributed by atoms with Crippen molar-refractivity contribution < 1.29 is 17.9 Å². The van der Waals surface area contributed by atoms with Gasteiger partial charge in [-0.2, -0.15) is 4.72 Å². The maximum Gasteiger partial charge on any atom is 0.241 e. The highest BCUT2D eigenvalue weighted by atomic mass is 32.2. The summed E-state index contributed by atoms with van der Waals surface area (Å²) < 4.78 is 34.1. The molecule has 8 heteroatoms. The molecule has 1 fully saturated rings. The van der Waals surface area contributed by atoms with Crippen LogP contribution in [0, 0.1) is 6.92 Å². The minimum Gasteiger partial charge on any atom is -0.496 e. The Bertz CT molecular complexity index is 971. The summed E-state index contributed by atoms with van der Waals surface area (Å²) in [4.78, 5) is 17.3. The number of carbonyl (C=O) groups is 1. The smallest absolute Gasteiger partial charge is 0.241 e. The van der Waals surface area contributed by atoms with Crippen LogP contribution in [0.4, 0.5) is 0 Å². The molecule has 1 N–H and O–H groups in total. The highest BCUT2D eigenvalue weighted by Crippen LogP contribution is 2.22.